The fraction of sp³-hybridized carbons (Fsp3) is 0.727. The molecule has 43 heavy (non-hydrogen) atoms. The Bertz CT molecular complexity index is 1200. The summed E-state index contributed by atoms with van der Waals surface area (Å²) in [5, 5.41) is 45.1. The molecule has 0 bridgehead atoms. The number of allylic oxidation sites excluding steroid dienone is 1. The highest BCUT2D eigenvalue weighted by Crippen LogP contribution is 2.77. The van der Waals surface area contributed by atoms with Gasteiger partial charge in [-0.2, -0.15) is 0 Å². The molecule has 4 aliphatic carbocycles. The van der Waals surface area contributed by atoms with Crippen LogP contribution in [0.15, 0.2) is 35.5 Å². The van der Waals surface area contributed by atoms with Crippen LogP contribution in [0.3, 0.4) is 0 Å². The Labute approximate surface area is 253 Å². The summed E-state index contributed by atoms with van der Waals surface area (Å²) in [6.45, 7) is 9.50. The van der Waals surface area contributed by atoms with E-state index in [1.165, 1.54) is 45.3 Å². The van der Waals surface area contributed by atoms with Crippen LogP contribution in [-0.4, -0.2) is 73.9 Å². The molecule has 9 unspecified atom stereocenters. The first-order chi connectivity index (χ1) is 20.2. The maximum absolute atomic E-state index is 13.3. The van der Waals surface area contributed by atoms with E-state index in [0.717, 1.165) is 25.3 Å². The van der Waals surface area contributed by atoms with Crippen LogP contribution in [0, 0.1) is 29.1 Å². The van der Waals surface area contributed by atoms with Crippen LogP contribution in [-0.2, 0) is 28.7 Å². The lowest BCUT2D eigenvalue weighted by molar-refractivity contribution is -0.313. The second kappa shape index (κ2) is 12.2. The van der Waals surface area contributed by atoms with Gasteiger partial charge in [-0.15, -0.1) is 0 Å². The number of hydrogen-bond acceptors (Lipinski definition) is 10. The Morgan fingerprint density at radius 1 is 1.09 bits per heavy atom. The van der Waals surface area contributed by atoms with E-state index in [2.05, 4.69) is 6.92 Å². The molecule has 0 spiro atoms. The van der Waals surface area contributed by atoms with Gasteiger partial charge in [0.1, 0.15) is 12.2 Å². The van der Waals surface area contributed by atoms with E-state index in [-0.39, 0.29) is 11.1 Å². The van der Waals surface area contributed by atoms with Gasteiger partial charge in [0.2, 0.25) is 0 Å². The number of fused-ring (bicyclic) bond motifs is 5. The van der Waals surface area contributed by atoms with Crippen molar-refractivity contribution >= 4 is 17.7 Å². The van der Waals surface area contributed by atoms with Gasteiger partial charge in [-0.25, -0.2) is 9.68 Å². The molecule has 0 saturated heterocycles. The predicted molar refractivity (Wildman–Crippen MR) is 156 cm³/mol. The van der Waals surface area contributed by atoms with Gasteiger partial charge >= 0.3 is 11.9 Å². The maximum atomic E-state index is 13.3. The van der Waals surface area contributed by atoms with E-state index in [0.29, 0.717) is 6.42 Å². The van der Waals surface area contributed by atoms with Gasteiger partial charge in [-0.1, -0.05) is 72.0 Å². The summed E-state index contributed by atoms with van der Waals surface area (Å²) < 4.78 is 12.1. The van der Waals surface area contributed by atoms with Crippen LogP contribution < -0.4 is 0 Å². The molecule has 4 N–H and O–H groups in total. The van der Waals surface area contributed by atoms with Crippen molar-refractivity contribution in [3.05, 3.63) is 35.5 Å². The average Bonchev–Trinajstić information content (AvgIpc) is 3.35. The number of unbranched alkanes of at least 4 members (excludes halogenated alkanes) is 6. The third kappa shape index (κ3) is 5.13. The van der Waals surface area contributed by atoms with Crippen LogP contribution in [0.5, 0.6) is 0 Å². The van der Waals surface area contributed by atoms with Crippen molar-refractivity contribution in [2.45, 2.75) is 115 Å². The number of rotatable bonds is 12. The highest BCUT2D eigenvalue weighted by atomic mass is 17.1. The van der Waals surface area contributed by atoms with Gasteiger partial charge in [-0.3, -0.25) is 14.8 Å². The highest BCUT2D eigenvalue weighted by molar-refractivity contribution is 6.06. The molecule has 0 amide bonds. The van der Waals surface area contributed by atoms with E-state index >= 15 is 0 Å². The standard InChI is InChI=1S/C33H48O10/c1-7-8-9-10-11-12-13-14-15-24(36)41-29-20(3)32(39)23-16-19(2)28(37)31(23,38)17-22(18-34)26(43-40)25(32)27-30(5,6)33(27,29)42-21(4)35/h14-17,20,23,25-27,29,34,38-40H,7-13,18H2,1-6H3/b15-14+. The largest absolute Gasteiger partial charge is 0.455 e. The molecule has 0 radical (unpaired) electrons. The van der Waals surface area contributed by atoms with Gasteiger partial charge in [0.15, 0.2) is 17.0 Å². The summed E-state index contributed by atoms with van der Waals surface area (Å²) in [4.78, 5) is 44.0. The van der Waals surface area contributed by atoms with E-state index < -0.39 is 82.4 Å². The Morgan fingerprint density at radius 2 is 1.74 bits per heavy atom. The lowest BCUT2D eigenvalue weighted by atomic mass is 9.58. The van der Waals surface area contributed by atoms with Crippen LogP contribution in [0.1, 0.15) is 86.5 Å². The zero-order valence-corrected chi connectivity index (χ0v) is 26.2. The van der Waals surface area contributed by atoms with Crippen molar-refractivity contribution in [3.8, 4) is 0 Å². The van der Waals surface area contributed by atoms with Gasteiger partial charge < -0.3 is 24.8 Å². The Morgan fingerprint density at radius 3 is 2.35 bits per heavy atom. The smallest absolute Gasteiger partial charge is 0.330 e. The molecule has 0 aliphatic heterocycles. The summed E-state index contributed by atoms with van der Waals surface area (Å²) in [5.41, 5.74) is -6.36. The number of carbonyl (C=O) groups is 3. The molecule has 2 fully saturated rings. The SMILES string of the molecule is CCCCCCCC/C=C/C(=O)OC1C(C)C2(O)C(C(OO)C(CO)=CC3(O)C(=O)C(C)=CC32)C2C(C)(C)C12OC(C)=O. The second-order valence-electron chi connectivity index (χ2n) is 13.5. The van der Waals surface area contributed by atoms with Crippen molar-refractivity contribution in [1.82, 2.24) is 0 Å². The minimum atomic E-state index is -2.25. The minimum absolute atomic E-state index is 0.00655. The molecule has 9 atom stereocenters. The highest BCUT2D eigenvalue weighted by Gasteiger charge is 2.89. The molecule has 4 rings (SSSR count). The summed E-state index contributed by atoms with van der Waals surface area (Å²) in [6, 6.07) is 0. The van der Waals surface area contributed by atoms with E-state index in [9.17, 15) is 35.0 Å². The topological polar surface area (TPSA) is 160 Å². The molecule has 10 nitrogen and oxygen atoms in total. The van der Waals surface area contributed by atoms with Crippen LogP contribution in [0.2, 0.25) is 0 Å². The first kappa shape index (κ1) is 33.5. The third-order valence-electron chi connectivity index (χ3n) is 10.7. The quantitative estimate of drug-likeness (QED) is 0.0644. The zero-order chi connectivity index (χ0) is 32.0. The molecule has 2 saturated carbocycles. The van der Waals surface area contributed by atoms with Gasteiger partial charge in [0, 0.05) is 42.1 Å². The first-order valence-corrected chi connectivity index (χ1v) is 15.6. The molecule has 240 valence electrons. The number of ether oxygens (including phenoxy) is 2. The van der Waals surface area contributed by atoms with Crippen LogP contribution >= 0.6 is 0 Å². The van der Waals surface area contributed by atoms with Crippen molar-refractivity contribution in [1.29, 1.82) is 0 Å². The van der Waals surface area contributed by atoms with Gasteiger partial charge in [-0.05, 0) is 37.0 Å². The molecule has 0 aromatic carbocycles. The second-order valence-corrected chi connectivity index (χ2v) is 13.5. The van der Waals surface area contributed by atoms with Crippen molar-refractivity contribution < 1.29 is 49.3 Å². The maximum Gasteiger partial charge on any atom is 0.330 e. The molecular formula is C33H48O10. The van der Waals surface area contributed by atoms with Gasteiger partial charge in [0.25, 0.3) is 0 Å². The minimum Gasteiger partial charge on any atom is -0.455 e. The first-order valence-electron chi connectivity index (χ1n) is 15.6. The van der Waals surface area contributed by atoms with Crippen molar-refractivity contribution in [2.24, 2.45) is 29.1 Å². The Kier molecular flexibility index (Phi) is 9.51. The summed E-state index contributed by atoms with van der Waals surface area (Å²) in [7, 11) is 0. The summed E-state index contributed by atoms with van der Waals surface area (Å²) in [6.07, 6.45) is 10.6. The molecule has 0 aromatic heterocycles. The number of aliphatic hydroxyl groups is 3. The fourth-order valence-electron chi connectivity index (χ4n) is 8.63. The average molecular weight is 605 g/mol. The summed E-state index contributed by atoms with van der Waals surface area (Å²) in [5.74, 6) is -6.03. The van der Waals surface area contributed by atoms with Crippen molar-refractivity contribution in [3.63, 3.8) is 0 Å². The van der Waals surface area contributed by atoms with E-state index in [1.807, 2.05) is 13.8 Å². The Balaban J connectivity index is 1.74. The zero-order valence-electron chi connectivity index (χ0n) is 26.2. The normalized spacial score (nSPS) is 39.3. The summed E-state index contributed by atoms with van der Waals surface area (Å²) >= 11 is 0. The molecule has 10 heteroatoms. The number of aliphatic hydroxyl groups excluding tert-OH is 1. The lowest BCUT2D eigenvalue weighted by Gasteiger charge is -2.54. The molecule has 0 heterocycles. The number of Topliss-reactive ketones (excluding diaryl/α,β-unsaturated/α-hetero) is 1. The van der Waals surface area contributed by atoms with E-state index in [4.69, 9.17) is 14.4 Å². The van der Waals surface area contributed by atoms with Crippen LogP contribution in [0.4, 0.5) is 0 Å². The van der Waals surface area contributed by atoms with Crippen molar-refractivity contribution in [2.75, 3.05) is 6.61 Å². The molecule has 4 aliphatic rings. The predicted octanol–water partition coefficient (Wildman–Crippen LogP) is 3.83. The fourth-order valence-corrected chi connectivity index (χ4v) is 8.63. The number of esters is 2. The molecule has 0 aromatic rings. The van der Waals surface area contributed by atoms with E-state index in [1.54, 1.807) is 13.0 Å². The number of carbonyl (C=O) groups excluding carboxylic acids is 3. The van der Waals surface area contributed by atoms with Gasteiger partial charge in [0.05, 0.1) is 12.2 Å². The number of ketones is 1. The number of hydrogen-bond donors (Lipinski definition) is 4. The monoisotopic (exact) mass is 604 g/mol. The third-order valence-corrected chi connectivity index (χ3v) is 10.7. The Hall–Kier alpha value is -2.37. The lowest BCUT2D eigenvalue weighted by Crippen LogP contribution is -2.68. The molecular weight excluding hydrogens is 556 g/mol. The van der Waals surface area contributed by atoms with Crippen LogP contribution in [0.25, 0.3) is 0 Å².